The number of rotatable bonds is 2. The van der Waals surface area contributed by atoms with Crippen LogP contribution >= 0.6 is 0 Å². The molecule has 0 aromatic heterocycles. The second-order valence-electron chi connectivity index (χ2n) is 9.38. The van der Waals surface area contributed by atoms with Crippen LogP contribution in [0.15, 0.2) is 12.1 Å². The summed E-state index contributed by atoms with van der Waals surface area (Å²) in [6, 6.07) is 3.86. The Morgan fingerprint density at radius 1 is 1.17 bits per heavy atom. The molecule has 0 saturated heterocycles. The molecule has 0 bridgehead atoms. The predicted molar refractivity (Wildman–Crippen MR) is 107 cm³/mol. The monoisotopic (exact) mass is 402 g/mol. The molecule has 0 spiro atoms. The number of alkyl carbamates (subject to hydrolysis) is 1. The maximum absolute atomic E-state index is 12.1. The molecule has 1 aliphatic carbocycles. The van der Waals surface area contributed by atoms with E-state index in [1.807, 2.05) is 33.8 Å². The Bertz CT molecular complexity index is 823. The minimum absolute atomic E-state index is 0.0556. The number of benzene rings is 1. The average Bonchev–Trinajstić information content (AvgIpc) is 2.95. The number of hydrogen-bond acceptors (Lipinski definition) is 5. The minimum Gasteiger partial charge on any atom is -0.448 e. The van der Waals surface area contributed by atoms with Crippen LogP contribution in [0.3, 0.4) is 0 Å². The molecule has 3 aliphatic rings. The highest BCUT2D eigenvalue weighted by Gasteiger charge is 2.46. The Hall–Kier alpha value is -2.44. The van der Waals surface area contributed by atoms with Crippen LogP contribution in [0.2, 0.25) is 0 Å². The molecule has 7 heteroatoms. The van der Waals surface area contributed by atoms with E-state index in [4.69, 9.17) is 14.2 Å². The summed E-state index contributed by atoms with van der Waals surface area (Å²) in [6.07, 6.45) is 3.89. The summed E-state index contributed by atoms with van der Waals surface area (Å²) >= 11 is 0. The van der Waals surface area contributed by atoms with Crippen molar-refractivity contribution in [2.24, 2.45) is 5.92 Å². The van der Waals surface area contributed by atoms with E-state index in [9.17, 15) is 9.59 Å². The summed E-state index contributed by atoms with van der Waals surface area (Å²) < 4.78 is 17.8. The molecule has 0 radical (unpaired) electrons. The molecule has 1 unspecified atom stereocenters. The van der Waals surface area contributed by atoms with Gasteiger partial charge in [0.15, 0.2) is 11.5 Å². The highest BCUT2D eigenvalue weighted by atomic mass is 16.7. The van der Waals surface area contributed by atoms with Gasteiger partial charge in [-0.2, -0.15) is 0 Å². The zero-order chi connectivity index (χ0) is 20.8. The summed E-state index contributed by atoms with van der Waals surface area (Å²) in [4.78, 5) is 24.1. The van der Waals surface area contributed by atoms with Crippen LogP contribution in [0.4, 0.5) is 4.79 Å². The quantitative estimate of drug-likeness (QED) is 0.790. The molecule has 2 aliphatic heterocycles. The Labute approximate surface area is 171 Å². The van der Waals surface area contributed by atoms with Gasteiger partial charge in [0, 0.05) is 31.0 Å². The van der Waals surface area contributed by atoms with Crippen molar-refractivity contribution in [3.8, 4) is 11.5 Å². The maximum Gasteiger partial charge on any atom is 0.407 e. The second-order valence-corrected chi connectivity index (χ2v) is 9.38. The molecule has 1 saturated carbocycles. The van der Waals surface area contributed by atoms with Crippen molar-refractivity contribution >= 4 is 12.0 Å². The van der Waals surface area contributed by atoms with Gasteiger partial charge in [-0.3, -0.25) is 4.79 Å². The van der Waals surface area contributed by atoms with E-state index < -0.39 is 11.4 Å². The van der Waals surface area contributed by atoms with Crippen molar-refractivity contribution in [3.05, 3.63) is 23.3 Å². The van der Waals surface area contributed by atoms with E-state index in [1.54, 1.807) is 6.07 Å². The second kappa shape index (κ2) is 7.11. The zero-order valence-corrected chi connectivity index (χ0v) is 17.6. The number of ether oxygens (including phenoxy) is 3. The number of carbonyl (C=O) groups is 2. The first kappa shape index (κ1) is 19.9. The molecular formula is C22H30N2O5. The van der Waals surface area contributed by atoms with E-state index >= 15 is 0 Å². The third kappa shape index (κ3) is 4.14. The largest absolute Gasteiger partial charge is 0.448 e. The number of carbonyl (C=O) groups excluding carboxylic acids is 2. The fourth-order valence-corrected chi connectivity index (χ4v) is 4.45. The number of amides is 2. The first-order valence-corrected chi connectivity index (χ1v) is 10.5. The third-order valence-electron chi connectivity index (χ3n) is 5.91. The van der Waals surface area contributed by atoms with Crippen LogP contribution in [0.25, 0.3) is 0 Å². The minimum atomic E-state index is -0.750. The van der Waals surface area contributed by atoms with Crippen LogP contribution in [-0.2, 0) is 11.2 Å². The first-order chi connectivity index (χ1) is 13.6. The molecule has 1 aromatic carbocycles. The molecule has 1 aromatic rings. The highest BCUT2D eigenvalue weighted by Crippen LogP contribution is 2.47. The van der Waals surface area contributed by atoms with Gasteiger partial charge in [-0.15, -0.1) is 0 Å². The van der Waals surface area contributed by atoms with Crippen molar-refractivity contribution in [3.63, 3.8) is 0 Å². The van der Waals surface area contributed by atoms with Crippen molar-refractivity contribution in [2.45, 2.75) is 77.2 Å². The van der Waals surface area contributed by atoms with E-state index in [-0.39, 0.29) is 24.0 Å². The van der Waals surface area contributed by atoms with Crippen molar-refractivity contribution in [1.82, 2.24) is 10.6 Å². The molecule has 158 valence electrons. The van der Waals surface area contributed by atoms with Crippen LogP contribution < -0.4 is 20.1 Å². The van der Waals surface area contributed by atoms with Crippen molar-refractivity contribution in [2.75, 3.05) is 6.54 Å². The zero-order valence-electron chi connectivity index (χ0n) is 17.6. The van der Waals surface area contributed by atoms with Gasteiger partial charge in [-0.1, -0.05) is 0 Å². The average molecular weight is 402 g/mol. The SMILES string of the molecule is CC(C)(C)OC(=O)NC1CCC(C2(C)Oc3cc4c(cc3O2)C(=O)NCC4)CC1. The number of fused-ring (bicyclic) bond motifs is 2. The van der Waals surface area contributed by atoms with Crippen LogP contribution in [0.1, 0.15) is 69.3 Å². The molecule has 7 nitrogen and oxygen atoms in total. The summed E-state index contributed by atoms with van der Waals surface area (Å²) in [5, 5.41) is 5.84. The molecule has 2 N–H and O–H groups in total. The summed E-state index contributed by atoms with van der Waals surface area (Å²) in [6.45, 7) is 8.20. The Kier molecular flexibility index (Phi) is 4.87. The Morgan fingerprint density at radius 2 is 1.83 bits per heavy atom. The topological polar surface area (TPSA) is 85.9 Å². The fourth-order valence-electron chi connectivity index (χ4n) is 4.45. The summed E-state index contributed by atoms with van der Waals surface area (Å²) in [7, 11) is 0. The smallest absolute Gasteiger partial charge is 0.407 e. The van der Waals surface area contributed by atoms with Gasteiger partial charge in [0.25, 0.3) is 11.7 Å². The lowest BCUT2D eigenvalue weighted by atomic mass is 9.81. The van der Waals surface area contributed by atoms with Gasteiger partial charge >= 0.3 is 6.09 Å². The fraction of sp³-hybridized carbons (Fsp3) is 0.636. The van der Waals surface area contributed by atoms with Gasteiger partial charge in [-0.25, -0.2) is 4.79 Å². The first-order valence-electron chi connectivity index (χ1n) is 10.5. The van der Waals surface area contributed by atoms with E-state index in [0.29, 0.717) is 17.9 Å². The van der Waals surface area contributed by atoms with Crippen molar-refractivity contribution < 1.29 is 23.8 Å². The summed E-state index contributed by atoms with van der Waals surface area (Å²) in [5.74, 6) is 0.754. The Balaban J connectivity index is 1.37. The lowest BCUT2D eigenvalue weighted by Crippen LogP contribution is -2.48. The third-order valence-corrected chi connectivity index (χ3v) is 5.91. The van der Waals surface area contributed by atoms with Gasteiger partial charge in [0.1, 0.15) is 5.60 Å². The molecular weight excluding hydrogens is 372 g/mol. The predicted octanol–water partition coefficient (Wildman–Crippen LogP) is 3.54. The highest BCUT2D eigenvalue weighted by molar-refractivity contribution is 5.97. The van der Waals surface area contributed by atoms with Gasteiger partial charge in [0.05, 0.1) is 0 Å². The van der Waals surface area contributed by atoms with E-state index in [2.05, 4.69) is 10.6 Å². The van der Waals surface area contributed by atoms with Crippen LogP contribution in [0, 0.1) is 5.92 Å². The van der Waals surface area contributed by atoms with E-state index in [1.165, 1.54) is 0 Å². The standard InChI is InChI=1S/C22H30N2O5/c1-21(2,3)29-20(26)24-15-7-5-14(6-8-15)22(4)27-17-11-13-9-10-23-19(25)16(13)12-18(17)28-22/h11-12,14-15H,5-10H2,1-4H3,(H,23,25)(H,24,26). The van der Waals surface area contributed by atoms with Gasteiger partial charge < -0.3 is 24.8 Å². The summed E-state index contributed by atoms with van der Waals surface area (Å²) in [5.41, 5.74) is 1.18. The lowest BCUT2D eigenvalue weighted by molar-refractivity contribution is -0.121. The van der Waals surface area contributed by atoms with E-state index in [0.717, 1.165) is 43.4 Å². The van der Waals surface area contributed by atoms with Crippen molar-refractivity contribution in [1.29, 1.82) is 0 Å². The molecule has 4 rings (SSSR count). The maximum atomic E-state index is 12.1. The van der Waals surface area contributed by atoms with Crippen LogP contribution in [0.5, 0.6) is 11.5 Å². The number of nitrogens with one attached hydrogen (secondary N) is 2. The molecule has 2 amide bonds. The Morgan fingerprint density at radius 3 is 2.48 bits per heavy atom. The normalized spacial score (nSPS) is 28.3. The molecule has 1 atom stereocenters. The molecule has 29 heavy (non-hydrogen) atoms. The van der Waals surface area contributed by atoms with Gasteiger partial charge in [-0.05, 0) is 70.6 Å². The van der Waals surface area contributed by atoms with Crippen LogP contribution in [-0.4, -0.2) is 36.0 Å². The lowest BCUT2D eigenvalue weighted by Gasteiger charge is -2.37. The molecule has 2 heterocycles. The number of hydrogen-bond donors (Lipinski definition) is 2. The van der Waals surface area contributed by atoms with Gasteiger partial charge in [0.2, 0.25) is 0 Å². The molecule has 1 fully saturated rings.